The molecule has 0 bridgehead atoms. The Morgan fingerprint density at radius 1 is 0.731 bits per heavy atom. The number of carbonyl (C=O) groups is 2. The second kappa shape index (κ2) is 8.87. The monoisotopic (exact) mass is 350 g/mol. The van der Waals surface area contributed by atoms with Crippen LogP contribution in [0.3, 0.4) is 0 Å². The van der Waals surface area contributed by atoms with Gasteiger partial charge in [0, 0.05) is 11.1 Å². The molecule has 0 unspecified atom stereocenters. The summed E-state index contributed by atoms with van der Waals surface area (Å²) in [5.74, 6) is 5.39. The van der Waals surface area contributed by atoms with E-state index in [2.05, 4.69) is 11.8 Å². The van der Waals surface area contributed by atoms with E-state index in [9.17, 15) is 9.59 Å². The van der Waals surface area contributed by atoms with Crippen molar-refractivity contribution in [1.29, 1.82) is 0 Å². The molecule has 0 heterocycles. The van der Waals surface area contributed by atoms with Crippen molar-refractivity contribution < 1.29 is 19.1 Å². The Morgan fingerprint density at radius 3 is 1.46 bits per heavy atom. The molecule has 0 amide bonds. The lowest BCUT2D eigenvalue weighted by molar-refractivity contribution is 0.0516. The first-order valence-electron chi connectivity index (χ1n) is 8.52. The summed E-state index contributed by atoms with van der Waals surface area (Å²) in [5, 5.41) is 0. The van der Waals surface area contributed by atoms with E-state index in [4.69, 9.17) is 9.47 Å². The Kier molecular flexibility index (Phi) is 6.57. The lowest BCUT2D eigenvalue weighted by Gasteiger charge is -2.04. The summed E-state index contributed by atoms with van der Waals surface area (Å²) in [5.41, 5.74) is 4.24. The molecule has 0 spiro atoms. The van der Waals surface area contributed by atoms with Gasteiger partial charge < -0.3 is 9.47 Å². The van der Waals surface area contributed by atoms with Crippen LogP contribution in [0.25, 0.3) is 0 Å². The van der Waals surface area contributed by atoms with Crippen molar-refractivity contribution >= 4 is 11.9 Å². The third-order valence-corrected chi connectivity index (χ3v) is 3.53. The number of carbonyl (C=O) groups excluding carboxylic acids is 2. The van der Waals surface area contributed by atoms with Crippen LogP contribution in [-0.2, 0) is 9.47 Å². The van der Waals surface area contributed by atoms with Gasteiger partial charge in [-0.25, -0.2) is 9.59 Å². The topological polar surface area (TPSA) is 52.6 Å². The summed E-state index contributed by atoms with van der Waals surface area (Å²) in [6.45, 7) is 8.00. The Balaban J connectivity index is 2.34. The highest BCUT2D eigenvalue weighted by Crippen LogP contribution is 2.13. The number of aryl methyl sites for hydroxylation is 2. The molecule has 2 aromatic rings. The van der Waals surface area contributed by atoms with Gasteiger partial charge >= 0.3 is 11.9 Å². The predicted octanol–water partition coefficient (Wildman–Crippen LogP) is 4.06. The summed E-state index contributed by atoms with van der Waals surface area (Å²) in [4.78, 5) is 23.9. The number of ether oxygens (including phenoxy) is 2. The largest absolute Gasteiger partial charge is 0.462 e. The first-order valence-corrected chi connectivity index (χ1v) is 8.52. The second-order valence-corrected chi connectivity index (χ2v) is 5.87. The van der Waals surface area contributed by atoms with Crippen molar-refractivity contribution in [2.24, 2.45) is 0 Å². The van der Waals surface area contributed by atoms with Gasteiger partial charge in [0.2, 0.25) is 0 Å². The second-order valence-electron chi connectivity index (χ2n) is 5.87. The van der Waals surface area contributed by atoms with Crippen LogP contribution in [0.15, 0.2) is 36.4 Å². The minimum atomic E-state index is -0.362. The Morgan fingerprint density at radius 2 is 1.12 bits per heavy atom. The maximum atomic E-state index is 11.9. The molecule has 134 valence electrons. The Hall–Kier alpha value is -3.06. The minimum Gasteiger partial charge on any atom is -0.462 e. The third kappa shape index (κ3) is 5.22. The average molecular weight is 350 g/mol. The summed E-state index contributed by atoms with van der Waals surface area (Å²) < 4.78 is 10.1. The molecule has 4 heteroatoms. The van der Waals surface area contributed by atoms with Crippen molar-refractivity contribution in [3.63, 3.8) is 0 Å². The van der Waals surface area contributed by atoms with E-state index in [0.29, 0.717) is 35.5 Å². The SMILES string of the molecule is CCOC(=O)c1cc(C)cc(C#Cc2cc(C)cc(C(=O)OCC)c2)c1. The van der Waals surface area contributed by atoms with E-state index in [-0.39, 0.29) is 11.9 Å². The Bertz CT molecular complexity index is 813. The molecule has 0 saturated carbocycles. The van der Waals surface area contributed by atoms with E-state index in [0.717, 1.165) is 11.1 Å². The normalized spacial score (nSPS) is 9.85. The van der Waals surface area contributed by atoms with Crippen LogP contribution in [0.5, 0.6) is 0 Å². The van der Waals surface area contributed by atoms with Gasteiger partial charge in [-0.2, -0.15) is 0 Å². The molecule has 0 aromatic heterocycles. The molecule has 4 nitrogen and oxygen atoms in total. The zero-order valence-corrected chi connectivity index (χ0v) is 15.5. The van der Waals surface area contributed by atoms with Gasteiger partial charge in [0.25, 0.3) is 0 Å². The van der Waals surface area contributed by atoms with Crippen LogP contribution < -0.4 is 0 Å². The molecule has 0 atom stereocenters. The third-order valence-electron chi connectivity index (χ3n) is 3.53. The van der Waals surface area contributed by atoms with E-state index < -0.39 is 0 Å². The molecule has 0 aliphatic rings. The van der Waals surface area contributed by atoms with Gasteiger partial charge in [0.05, 0.1) is 24.3 Å². The van der Waals surface area contributed by atoms with E-state index in [1.54, 1.807) is 38.1 Å². The fourth-order valence-electron chi connectivity index (χ4n) is 2.52. The van der Waals surface area contributed by atoms with Crippen molar-refractivity contribution in [2.45, 2.75) is 27.7 Å². The Labute approximate surface area is 154 Å². The van der Waals surface area contributed by atoms with Crippen LogP contribution >= 0.6 is 0 Å². The van der Waals surface area contributed by atoms with Crippen molar-refractivity contribution in [3.05, 3.63) is 69.8 Å². The van der Waals surface area contributed by atoms with Crippen LogP contribution in [0.1, 0.15) is 56.8 Å². The predicted molar refractivity (Wildman–Crippen MR) is 100 cm³/mol. The molecule has 2 rings (SSSR count). The first kappa shape index (κ1) is 19.3. The number of esters is 2. The van der Waals surface area contributed by atoms with Crippen molar-refractivity contribution in [2.75, 3.05) is 13.2 Å². The molecular weight excluding hydrogens is 328 g/mol. The molecule has 0 fully saturated rings. The fourth-order valence-corrected chi connectivity index (χ4v) is 2.52. The minimum absolute atomic E-state index is 0.327. The highest BCUT2D eigenvalue weighted by atomic mass is 16.5. The van der Waals surface area contributed by atoms with Gasteiger partial charge in [-0.05, 0) is 75.2 Å². The van der Waals surface area contributed by atoms with Crippen LogP contribution in [-0.4, -0.2) is 25.2 Å². The van der Waals surface area contributed by atoms with Gasteiger partial charge in [0.1, 0.15) is 0 Å². The fraction of sp³-hybridized carbons (Fsp3) is 0.273. The molecule has 0 radical (unpaired) electrons. The van der Waals surface area contributed by atoms with Gasteiger partial charge in [-0.1, -0.05) is 11.8 Å². The lowest BCUT2D eigenvalue weighted by atomic mass is 10.0. The van der Waals surface area contributed by atoms with E-state index in [1.807, 2.05) is 26.0 Å². The van der Waals surface area contributed by atoms with Gasteiger partial charge in [-0.3, -0.25) is 0 Å². The van der Waals surface area contributed by atoms with Crippen molar-refractivity contribution in [1.82, 2.24) is 0 Å². The maximum absolute atomic E-state index is 11.9. The molecular formula is C22H22O4. The highest BCUT2D eigenvalue weighted by molar-refractivity contribution is 5.90. The molecule has 0 aliphatic heterocycles. The van der Waals surface area contributed by atoms with Gasteiger partial charge in [-0.15, -0.1) is 0 Å². The molecule has 0 N–H and O–H groups in total. The molecule has 2 aromatic carbocycles. The summed E-state index contributed by atoms with van der Waals surface area (Å²) in [6, 6.07) is 10.8. The van der Waals surface area contributed by atoms with Crippen LogP contribution in [0.2, 0.25) is 0 Å². The first-order chi connectivity index (χ1) is 12.4. The lowest BCUT2D eigenvalue weighted by Crippen LogP contribution is -2.05. The van der Waals surface area contributed by atoms with E-state index >= 15 is 0 Å². The molecule has 26 heavy (non-hydrogen) atoms. The molecule has 0 saturated heterocycles. The zero-order valence-electron chi connectivity index (χ0n) is 15.5. The zero-order chi connectivity index (χ0) is 19.1. The average Bonchev–Trinajstić information content (AvgIpc) is 2.59. The van der Waals surface area contributed by atoms with Crippen LogP contribution in [0, 0.1) is 25.7 Å². The number of rotatable bonds is 4. The summed E-state index contributed by atoms with van der Waals surface area (Å²) in [7, 11) is 0. The quantitative estimate of drug-likeness (QED) is 0.616. The smallest absolute Gasteiger partial charge is 0.338 e. The molecule has 0 aliphatic carbocycles. The summed E-state index contributed by atoms with van der Waals surface area (Å²) in [6.07, 6.45) is 0. The number of benzene rings is 2. The number of hydrogen-bond donors (Lipinski definition) is 0. The highest BCUT2D eigenvalue weighted by Gasteiger charge is 2.09. The van der Waals surface area contributed by atoms with Crippen molar-refractivity contribution in [3.8, 4) is 11.8 Å². The van der Waals surface area contributed by atoms with Crippen LogP contribution in [0.4, 0.5) is 0 Å². The standard InChI is InChI=1S/C22H22O4/c1-5-25-21(23)19-11-15(3)9-17(13-19)7-8-18-10-16(4)12-20(14-18)22(24)26-6-2/h9-14H,5-6H2,1-4H3. The van der Waals surface area contributed by atoms with E-state index in [1.165, 1.54) is 0 Å². The number of hydrogen-bond acceptors (Lipinski definition) is 4. The maximum Gasteiger partial charge on any atom is 0.338 e. The van der Waals surface area contributed by atoms with Gasteiger partial charge in [0.15, 0.2) is 0 Å². The summed E-state index contributed by atoms with van der Waals surface area (Å²) >= 11 is 0.